The molecule has 0 fully saturated rings. The Morgan fingerprint density at radius 2 is 2.06 bits per heavy atom. The maximum atomic E-state index is 11.9. The number of aromatic hydroxyl groups is 1. The summed E-state index contributed by atoms with van der Waals surface area (Å²) in [6.07, 6.45) is 0.605. The van der Waals surface area contributed by atoms with Crippen LogP contribution in [0.3, 0.4) is 0 Å². The first-order valence-electron chi connectivity index (χ1n) is 5.30. The standard InChI is InChI=1S/C12H18N2O2/c1-7(2)5-11(14)12(16)9-6-8(15)3-4-10(9)13/h3-4,6-7,11,15H,5,13-14H2,1-2H3. The molecule has 1 aromatic carbocycles. The van der Waals surface area contributed by atoms with Crippen molar-refractivity contribution in [3.05, 3.63) is 23.8 Å². The van der Waals surface area contributed by atoms with Gasteiger partial charge in [-0.15, -0.1) is 0 Å². The van der Waals surface area contributed by atoms with E-state index < -0.39 is 6.04 Å². The highest BCUT2D eigenvalue weighted by atomic mass is 16.3. The van der Waals surface area contributed by atoms with Gasteiger partial charge in [0.05, 0.1) is 6.04 Å². The van der Waals surface area contributed by atoms with Gasteiger partial charge in [0.25, 0.3) is 0 Å². The SMILES string of the molecule is CC(C)CC(N)C(=O)c1cc(O)ccc1N. The molecule has 0 aliphatic carbocycles. The summed E-state index contributed by atoms with van der Waals surface area (Å²) in [5, 5.41) is 9.30. The average molecular weight is 222 g/mol. The summed E-state index contributed by atoms with van der Waals surface area (Å²) >= 11 is 0. The Morgan fingerprint density at radius 1 is 1.44 bits per heavy atom. The summed E-state index contributed by atoms with van der Waals surface area (Å²) in [4.78, 5) is 11.9. The molecule has 16 heavy (non-hydrogen) atoms. The Balaban J connectivity index is 2.91. The average Bonchev–Trinajstić information content (AvgIpc) is 2.19. The predicted molar refractivity (Wildman–Crippen MR) is 64.3 cm³/mol. The highest BCUT2D eigenvalue weighted by Gasteiger charge is 2.19. The van der Waals surface area contributed by atoms with E-state index in [4.69, 9.17) is 11.5 Å². The Morgan fingerprint density at radius 3 is 2.62 bits per heavy atom. The number of anilines is 1. The van der Waals surface area contributed by atoms with Gasteiger partial charge in [-0.3, -0.25) is 4.79 Å². The molecule has 0 heterocycles. The predicted octanol–water partition coefficient (Wildman–Crippen LogP) is 1.53. The monoisotopic (exact) mass is 222 g/mol. The number of hydrogen-bond donors (Lipinski definition) is 3. The van der Waals surface area contributed by atoms with Crippen molar-refractivity contribution in [1.29, 1.82) is 0 Å². The second-order valence-corrected chi connectivity index (χ2v) is 4.37. The summed E-state index contributed by atoms with van der Waals surface area (Å²) in [6, 6.07) is 3.74. The minimum absolute atomic E-state index is 0.0225. The Kier molecular flexibility index (Phi) is 3.90. The number of ketones is 1. The molecule has 4 heteroatoms. The topological polar surface area (TPSA) is 89.3 Å². The van der Waals surface area contributed by atoms with Gasteiger partial charge in [0.2, 0.25) is 0 Å². The van der Waals surface area contributed by atoms with Crippen LogP contribution in [0.5, 0.6) is 5.75 Å². The van der Waals surface area contributed by atoms with Crippen LogP contribution in [0.15, 0.2) is 18.2 Å². The van der Waals surface area contributed by atoms with Crippen molar-refractivity contribution in [1.82, 2.24) is 0 Å². The van der Waals surface area contributed by atoms with Crippen LogP contribution in [-0.4, -0.2) is 16.9 Å². The Labute approximate surface area is 95.3 Å². The molecular formula is C12H18N2O2. The van der Waals surface area contributed by atoms with E-state index in [0.29, 0.717) is 23.6 Å². The highest BCUT2D eigenvalue weighted by Crippen LogP contribution is 2.20. The number of phenols is 1. The molecule has 4 nitrogen and oxygen atoms in total. The highest BCUT2D eigenvalue weighted by molar-refractivity contribution is 6.04. The molecule has 0 saturated heterocycles. The van der Waals surface area contributed by atoms with Crippen LogP contribution in [0, 0.1) is 5.92 Å². The minimum atomic E-state index is -0.566. The summed E-state index contributed by atoms with van der Waals surface area (Å²) < 4.78 is 0. The van der Waals surface area contributed by atoms with E-state index in [-0.39, 0.29) is 11.5 Å². The van der Waals surface area contributed by atoms with Gasteiger partial charge in [0.1, 0.15) is 5.75 Å². The maximum absolute atomic E-state index is 11.9. The zero-order valence-corrected chi connectivity index (χ0v) is 9.60. The lowest BCUT2D eigenvalue weighted by molar-refractivity contribution is 0.0951. The number of benzene rings is 1. The fourth-order valence-electron chi connectivity index (χ4n) is 1.57. The minimum Gasteiger partial charge on any atom is -0.508 e. The van der Waals surface area contributed by atoms with Crippen LogP contribution in [0.4, 0.5) is 5.69 Å². The molecule has 88 valence electrons. The Bertz CT molecular complexity index is 389. The number of Topliss-reactive ketones (excluding diaryl/α,β-unsaturated/α-hetero) is 1. The summed E-state index contributed by atoms with van der Waals surface area (Å²) in [7, 11) is 0. The van der Waals surface area contributed by atoms with Crippen LogP contribution in [0.1, 0.15) is 30.6 Å². The van der Waals surface area contributed by atoms with Gasteiger partial charge in [0, 0.05) is 11.3 Å². The molecule has 0 amide bonds. The number of nitrogens with two attached hydrogens (primary N) is 2. The molecule has 0 radical (unpaired) electrons. The molecule has 0 aromatic heterocycles. The first-order chi connectivity index (χ1) is 7.41. The second-order valence-electron chi connectivity index (χ2n) is 4.37. The molecule has 5 N–H and O–H groups in total. The lowest BCUT2D eigenvalue weighted by atomic mass is 9.96. The zero-order chi connectivity index (χ0) is 12.3. The van der Waals surface area contributed by atoms with E-state index >= 15 is 0 Å². The lowest BCUT2D eigenvalue weighted by Gasteiger charge is -2.14. The summed E-state index contributed by atoms with van der Waals surface area (Å²) in [5.74, 6) is 0.147. The van der Waals surface area contributed by atoms with Crippen molar-refractivity contribution in [3.8, 4) is 5.75 Å². The van der Waals surface area contributed by atoms with Gasteiger partial charge >= 0.3 is 0 Å². The molecule has 1 atom stereocenters. The number of carbonyl (C=O) groups excluding carboxylic acids is 1. The number of phenolic OH excluding ortho intramolecular Hbond substituents is 1. The zero-order valence-electron chi connectivity index (χ0n) is 9.60. The summed E-state index contributed by atoms with van der Waals surface area (Å²) in [5.41, 5.74) is 12.1. The van der Waals surface area contributed by atoms with E-state index in [1.54, 1.807) is 0 Å². The van der Waals surface area contributed by atoms with Crippen LogP contribution in [-0.2, 0) is 0 Å². The first kappa shape index (κ1) is 12.5. The molecule has 0 bridgehead atoms. The number of rotatable bonds is 4. The number of nitrogen functional groups attached to an aromatic ring is 1. The van der Waals surface area contributed by atoms with Gasteiger partial charge in [-0.2, -0.15) is 0 Å². The second kappa shape index (κ2) is 4.99. The van der Waals surface area contributed by atoms with Crippen LogP contribution in [0.2, 0.25) is 0 Å². The van der Waals surface area contributed by atoms with E-state index in [9.17, 15) is 9.90 Å². The van der Waals surface area contributed by atoms with Gasteiger partial charge in [-0.25, -0.2) is 0 Å². The van der Waals surface area contributed by atoms with E-state index in [2.05, 4.69) is 0 Å². The van der Waals surface area contributed by atoms with E-state index in [1.165, 1.54) is 18.2 Å². The lowest BCUT2D eigenvalue weighted by Crippen LogP contribution is -2.32. The molecule has 0 aliphatic heterocycles. The fraction of sp³-hybridized carbons (Fsp3) is 0.417. The van der Waals surface area contributed by atoms with Crippen molar-refractivity contribution in [2.75, 3.05) is 5.73 Å². The van der Waals surface area contributed by atoms with Crippen molar-refractivity contribution in [3.63, 3.8) is 0 Å². The number of carbonyl (C=O) groups is 1. The molecule has 1 rings (SSSR count). The van der Waals surface area contributed by atoms with Crippen molar-refractivity contribution in [2.24, 2.45) is 11.7 Å². The molecule has 1 unspecified atom stereocenters. The molecule has 0 saturated carbocycles. The van der Waals surface area contributed by atoms with Crippen LogP contribution in [0.25, 0.3) is 0 Å². The normalized spacial score (nSPS) is 12.8. The third kappa shape index (κ3) is 2.97. The van der Waals surface area contributed by atoms with Gasteiger partial charge in [0.15, 0.2) is 5.78 Å². The Hall–Kier alpha value is -1.55. The molecule has 1 aromatic rings. The van der Waals surface area contributed by atoms with E-state index in [1.807, 2.05) is 13.8 Å². The third-order valence-corrected chi connectivity index (χ3v) is 2.36. The number of hydrogen-bond acceptors (Lipinski definition) is 4. The van der Waals surface area contributed by atoms with Gasteiger partial charge in [-0.1, -0.05) is 13.8 Å². The molecule has 0 aliphatic rings. The van der Waals surface area contributed by atoms with Crippen LogP contribution < -0.4 is 11.5 Å². The smallest absolute Gasteiger partial charge is 0.181 e. The first-order valence-corrected chi connectivity index (χ1v) is 5.30. The van der Waals surface area contributed by atoms with Crippen molar-refractivity contribution in [2.45, 2.75) is 26.3 Å². The van der Waals surface area contributed by atoms with Gasteiger partial charge in [-0.05, 0) is 30.5 Å². The van der Waals surface area contributed by atoms with Crippen molar-refractivity contribution >= 4 is 11.5 Å². The van der Waals surface area contributed by atoms with Crippen LogP contribution >= 0.6 is 0 Å². The maximum Gasteiger partial charge on any atom is 0.181 e. The quantitative estimate of drug-likeness (QED) is 0.409. The summed E-state index contributed by atoms with van der Waals surface area (Å²) in [6.45, 7) is 4.00. The van der Waals surface area contributed by atoms with Gasteiger partial charge < -0.3 is 16.6 Å². The fourth-order valence-corrected chi connectivity index (χ4v) is 1.57. The third-order valence-electron chi connectivity index (χ3n) is 2.36. The van der Waals surface area contributed by atoms with Crippen molar-refractivity contribution < 1.29 is 9.90 Å². The molecule has 0 spiro atoms. The van der Waals surface area contributed by atoms with E-state index in [0.717, 1.165) is 0 Å². The molecular weight excluding hydrogens is 204 g/mol. The largest absolute Gasteiger partial charge is 0.508 e.